The van der Waals surface area contributed by atoms with Gasteiger partial charge in [0.2, 0.25) is 0 Å². The molecule has 0 amide bonds. The summed E-state index contributed by atoms with van der Waals surface area (Å²) in [4.78, 5) is 2.13. The lowest BCUT2D eigenvalue weighted by Gasteiger charge is -2.10. The molecule has 0 radical (unpaired) electrons. The Morgan fingerprint density at radius 2 is 1.86 bits per heavy atom. The van der Waals surface area contributed by atoms with E-state index in [1.807, 2.05) is 7.05 Å². The second-order valence-corrected chi connectivity index (χ2v) is 3.62. The highest BCUT2D eigenvalue weighted by atomic mass is 16.5. The molecule has 4 nitrogen and oxygen atoms in total. The third kappa shape index (κ3) is 11.8. The van der Waals surface area contributed by atoms with E-state index in [1.165, 1.54) is 6.42 Å². The molecule has 0 saturated heterocycles. The van der Waals surface area contributed by atoms with Crippen LogP contribution in [0.1, 0.15) is 6.42 Å². The number of hydrogen-bond acceptors (Lipinski definition) is 4. The summed E-state index contributed by atoms with van der Waals surface area (Å²) in [6.07, 6.45) is 1.17. The smallest absolute Gasteiger partial charge is 0.0593 e. The van der Waals surface area contributed by atoms with Crippen molar-refractivity contribution in [2.24, 2.45) is 0 Å². The van der Waals surface area contributed by atoms with E-state index in [9.17, 15) is 0 Å². The minimum Gasteiger partial charge on any atom is -0.379 e. The molecule has 0 bridgehead atoms. The Balaban J connectivity index is 2.85. The van der Waals surface area contributed by atoms with E-state index in [2.05, 4.69) is 29.6 Å². The number of nitrogens with zero attached hydrogens (tertiary/aromatic N) is 1. The van der Waals surface area contributed by atoms with Crippen LogP contribution < -0.4 is 10.6 Å². The van der Waals surface area contributed by atoms with Crippen molar-refractivity contribution >= 4 is 0 Å². The average Bonchev–Trinajstić information content (AvgIpc) is 2.15. The highest BCUT2D eigenvalue weighted by Gasteiger charge is 1.91. The molecule has 86 valence electrons. The zero-order valence-electron chi connectivity index (χ0n) is 9.81. The van der Waals surface area contributed by atoms with E-state index in [0.29, 0.717) is 0 Å². The van der Waals surface area contributed by atoms with Crippen LogP contribution in [0.5, 0.6) is 0 Å². The first-order valence-corrected chi connectivity index (χ1v) is 5.35. The Morgan fingerprint density at radius 3 is 2.50 bits per heavy atom. The quantitative estimate of drug-likeness (QED) is 0.481. The molecule has 14 heavy (non-hydrogen) atoms. The van der Waals surface area contributed by atoms with E-state index in [0.717, 1.165) is 39.4 Å². The molecule has 2 N–H and O–H groups in total. The van der Waals surface area contributed by atoms with Crippen LogP contribution in [0.25, 0.3) is 0 Å². The zero-order chi connectivity index (χ0) is 10.6. The van der Waals surface area contributed by atoms with Gasteiger partial charge in [-0.05, 0) is 40.7 Å². The van der Waals surface area contributed by atoms with Crippen LogP contribution in [0, 0.1) is 0 Å². The van der Waals surface area contributed by atoms with Crippen molar-refractivity contribution < 1.29 is 4.74 Å². The van der Waals surface area contributed by atoms with Crippen LogP contribution in [0.4, 0.5) is 0 Å². The number of nitrogens with one attached hydrogen (secondary N) is 2. The molecule has 0 aliphatic carbocycles. The average molecular weight is 203 g/mol. The van der Waals surface area contributed by atoms with Crippen LogP contribution in [0.15, 0.2) is 0 Å². The normalized spacial score (nSPS) is 11.1. The fraction of sp³-hybridized carbons (Fsp3) is 1.00. The molecular formula is C10H25N3O. The summed E-state index contributed by atoms with van der Waals surface area (Å²) >= 11 is 0. The number of ether oxygens (including phenoxy) is 1. The van der Waals surface area contributed by atoms with E-state index in [-0.39, 0.29) is 0 Å². The summed E-state index contributed by atoms with van der Waals surface area (Å²) in [7, 11) is 6.09. The SMILES string of the molecule is CNCCCNCCOCCN(C)C. The van der Waals surface area contributed by atoms with Gasteiger partial charge in [0, 0.05) is 13.1 Å². The molecular weight excluding hydrogens is 178 g/mol. The summed E-state index contributed by atoms with van der Waals surface area (Å²) in [5, 5.41) is 6.44. The summed E-state index contributed by atoms with van der Waals surface area (Å²) in [5.74, 6) is 0. The van der Waals surface area contributed by atoms with Gasteiger partial charge in [0.25, 0.3) is 0 Å². The molecule has 0 aromatic rings. The first-order chi connectivity index (χ1) is 6.77. The highest BCUT2D eigenvalue weighted by molar-refractivity contribution is 4.49. The summed E-state index contributed by atoms with van der Waals surface area (Å²) in [6.45, 7) is 5.74. The maximum Gasteiger partial charge on any atom is 0.0593 e. The van der Waals surface area contributed by atoms with Crippen molar-refractivity contribution in [3.63, 3.8) is 0 Å². The lowest BCUT2D eigenvalue weighted by atomic mass is 10.4. The van der Waals surface area contributed by atoms with Gasteiger partial charge in [-0.25, -0.2) is 0 Å². The van der Waals surface area contributed by atoms with Gasteiger partial charge in [-0.3, -0.25) is 0 Å². The van der Waals surface area contributed by atoms with Crippen molar-refractivity contribution in [1.29, 1.82) is 0 Å². The maximum atomic E-state index is 5.43. The standard InChI is InChI=1S/C10H25N3O/c1-11-5-4-6-12-7-9-14-10-8-13(2)3/h11-12H,4-10H2,1-3H3. The van der Waals surface area contributed by atoms with Crippen LogP contribution in [0.3, 0.4) is 0 Å². The lowest BCUT2D eigenvalue weighted by molar-refractivity contribution is 0.119. The minimum atomic E-state index is 0.813. The first-order valence-electron chi connectivity index (χ1n) is 5.35. The van der Waals surface area contributed by atoms with Crippen molar-refractivity contribution in [3.05, 3.63) is 0 Å². The third-order valence-corrected chi connectivity index (χ3v) is 1.89. The minimum absolute atomic E-state index is 0.813. The zero-order valence-corrected chi connectivity index (χ0v) is 9.81. The maximum absolute atomic E-state index is 5.43. The van der Waals surface area contributed by atoms with E-state index in [4.69, 9.17) is 4.74 Å². The second kappa shape index (κ2) is 10.9. The molecule has 0 aromatic heterocycles. The Hall–Kier alpha value is -0.160. The van der Waals surface area contributed by atoms with Gasteiger partial charge in [0.05, 0.1) is 13.2 Å². The lowest BCUT2D eigenvalue weighted by Crippen LogP contribution is -2.25. The molecule has 0 atom stereocenters. The van der Waals surface area contributed by atoms with Crippen LogP contribution in [0.2, 0.25) is 0 Å². The molecule has 0 fully saturated rings. The van der Waals surface area contributed by atoms with E-state index < -0.39 is 0 Å². The van der Waals surface area contributed by atoms with Gasteiger partial charge in [-0.2, -0.15) is 0 Å². The van der Waals surface area contributed by atoms with Crippen molar-refractivity contribution in [2.45, 2.75) is 6.42 Å². The van der Waals surface area contributed by atoms with Crippen molar-refractivity contribution in [2.75, 3.05) is 60.5 Å². The third-order valence-electron chi connectivity index (χ3n) is 1.89. The molecule has 0 saturated carbocycles. The van der Waals surface area contributed by atoms with Crippen LogP contribution >= 0.6 is 0 Å². The van der Waals surface area contributed by atoms with Gasteiger partial charge in [-0.15, -0.1) is 0 Å². The number of rotatable bonds is 10. The van der Waals surface area contributed by atoms with E-state index >= 15 is 0 Å². The van der Waals surface area contributed by atoms with Crippen molar-refractivity contribution in [3.8, 4) is 0 Å². The fourth-order valence-electron chi connectivity index (χ4n) is 1.01. The monoisotopic (exact) mass is 203 g/mol. The molecule has 0 unspecified atom stereocenters. The van der Waals surface area contributed by atoms with Crippen molar-refractivity contribution in [1.82, 2.24) is 15.5 Å². The Labute approximate surface area is 88.0 Å². The van der Waals surface area contributed by atoms with Gasteiger partial charge >= 0.3 is 0 Å². The van der Waals surface area contributed by atoms with Crippen LogP contribution in [-0.2, 0) is 4.74 Å². The molecule has 0 heterocycles. The summed E-state index contributed by atoms with van der Waals surface area (Å²) < 4.78 is 5.43. The first kappa shape index (κ1) is 13.8. The molecule has 0 rings (SSSR count). The fourth-order valence-corrected chi connectivity index (χ4v) is 1.01. The molecule has 4 heteroatoms. The number of likely N-dealkylation sites (N-methyl/N-ethyl adjacent to an activating group) is 1. The van der Waals surface area contributed by atoms with Crippen LogP contribution in [-0.4, -0.2) is 65.4 Å². The van der Waals surface area contributed by atoms with E-state index in [1.54, 1.807) is 0 Å². The highest BCUT2D eigenvalue weighted by Crippen LogP contribution is 1.78. The second-order valence-electron chi connectivity index (χ2n) is 3.62. The predicted octanol–water partition coefficient (Wildman–Crippen LogP) is -0.236. The predicted molar refractivity (Wildman–Crippen MR) is 60.8 cm³/mol. The molecule has 0 aliphatic heterocycles. The Morgan fingerprint density at radius 1 is 1.07 bits per heavy atom. The molecule has 0 spiro atoms. The largest absolute Gasteiger partial charge is 0.379 e. The van der Waals surface area contributed by atoms with Gasteiger partial charge in [-0.1, -0.05) is 0 Å². The summed E-state index contributed by atoms with van der Waals surface area (Å²) in [6, 6.07) is 0. The van der Waals surface area contributed by atoms with Gasteiger partial charge in [0.1, 0.15) is 0 Å². The van der Waals surface area contributed by atoms with Gasteiger partial charge < -0.3 is 20.3 Å². The Bertz CT molecular complexity index is 110. The van der Waals surface area contributed by atoms with Gasteiger partial charge in [0.15, 0.2) is 0 Å². The summed E-state index contributed by atoms with van der Waals surface area (Å²) in [5.41, 5.74) is 0. The topological polar surface area (TPSA) is 36.5 Å². The molecule has 0 aliphatic rings. The Kier molecular flexibility index (Phi) is 10.8. The number of hydrogen-bond donors (Lipinski definition) is 2. The molecule has 0 aromatic carbocycles.